The molecule has 1 amide bonds. The Balaban J connectivity index is 1.75. The molecule has 0 radical (unpaired) electrons. The van der Waals surface area contributed by atoms with Crippen molar-refractivity contribution in [2.24, 2.45) is 0 Å². The van der Waals surface area contributed by atoms with Crippen LogP contribution in [0.1, 0.15) is 17.2 Å². The number of nitrogens with zero attached hydrogens (tertiary/aromatic N) is 5. The number of fused-ring (bicyclic) bond motifs is 1. The molecule has 0 aliphatic carbocycles. The summed E-state index contributed by atoms with van der Waals surface area (Å²) in [7, 11) is 0. The number of pyridine rings is 1. The fourth-order valence-electron chi connectivity index (χ4n) is 3.42. The molecule has 4 rings (SSSR count). The van der Waals surface area contributed by atoms with E-state index in [-0.39, 0.29) is 19.1 Å². The number of carbonyl (C=O) groups excluding carboxylic acids is 1. The zero-order valence-electron chi connectivity index (χ0n) is 15.3. The predicted octanol–water partition coefficient (Wildman–Crippen LogP) is 3.86. The number of likely N-dealkylation sites (tertiary alicyclic amines) is 1. The van der Waals surface area contributed by atoms with Gasteiger partial charge in [0.1, 0.15) is 5.69 Å². The summed E-state index contributed by atoms with van der Waals surface area (Å²) in [6, 6.07) is 7.94. The number of rotatable bonds is 3. The summed E-state index contributed by atoms with van der Waals surface area (Å²) in [5.74, 6) is -1.84. The molecule has 3 aromatic rings. The molecular weight excluding hydrogens is 402 g/mol. The monoisotopic (exact) mass is 415 g/mol. The van der Waals surface area contributed by atoms with E-state index >= 15 is 0 Å². The van der Waals surface area contributed by atoms with Crippen molar-refractivity contribution in [3.05, 3.63) is 60.1 Å². The van der Waals surface area contributed by atoms with Gasteiger partial charge in [-0.15, -0.1) is 0 Å². The molecule has 0 N–H and O–H groups in total. The van der Waals surface area contributed by atoms with Gasteiger partial charge in [-0.05, 0) is 24.3 Å². The number of benzene rings is 1. The van der Waals surface area contributed by atoms with Crippen LogP contribution in [0.3, 0.4) is 0 Å². The van der Waals surface area contributed by atoms with Gasteiger partial charge in [-0.2, -0.15) is 23.5 Å². The first kappa shape index (κ1) is 19.6. The molecule has 10 heteroatoms. The van der Waals surface area contributed by atoms with E-state index in [1.54, 1.807) is 29.1 Å². The predicted molar refractivity (Wildman–Crippen MR) is 98.5 cm³/mol. The van der Waals surface area contributed by atoms with Crippen molar-refractivity contribution in [2.75, 3.05) is 13.1 Å². The summed E-state index contributed by atoms with van der Waals surface area (Å²) >= 11 is 0. The van der Waals surface area contributed by atoms with E-state index in [2.05, 4.69) is 16.7 Å². The second kappa shape index (κ2) is 6.95. The molecule has 0 saturated carbocycles. The Morgan fingerprint density at radius 2 is 2.00 bits per heavy atom. The van der Waals surface area contributed by atoms with Crippen molar-refractivity contribution in [3.8, 4) is 17.3 Å². The number of hydrogen-bond acceptors (Lipinski definition) is 4. The Hall–Kier alpha value is -3.74. The molecule has 0 atom stereocenters. The minimum Gasteiger partial charge on any atom is -0.332 e. The minimum atomic E-state index is -4.64. The van der Waals surface area contributed by atoms with Crippen LogP contribution in [0, 0.1) is 11.3 Å². The Morgan fingerprint density at radius 1 is 1.27 bits per heavy atom. The van der Waals surface area contributed by atoms with Gasteiger partial charge in [-0.3, -0.25) is 4.79 Å². The first-order chi connectivity index (χ1) is 14.2. The molecule has 1 aliphatic rings. The fraction of sp³-hybridized carbons (Fsp3) is 0.200. The Labute approximate surface area is 167 Å². The van der Waals surface area contributed by atoms with Gasteiger partial charge < -0.3 is 4.90 Å². The van der Waals surface area contributed by atoms with Crippen molar-refractivity contribution >= 4 is 16.9 Å². The number of carbonyl (C=O) groups is 1. The van der Waals surface area contributed by atoms with Crippen LogP contribution in [0.5, 0.6) is 0 Å². The molecule has 2 aromatic heterocycles. The van der Waals surface area contributed by atoms with Crippen LogP contribution in [-0.2, 0) is 11.0 Å². The van der Waals surface area contributed by atoms with E-state index in [0.29, 0.717) is 22.3 Å². The number of alkyl halides is 3. The third-order valence-corrected chi connectivity index (χ3v) is 4.91. The second-order valence-electron chi connectivity index (χ2n) is 6.81. The molecule has 1 aromatic carbocycles. The first-order valence-electron chi connectivity index (χ1n) is 8.79. The molecule has 152 valence electrons. The van der Waals surface area contributed by atoms with E-state index < -0.39 is 29.0 Å². The molecule has 0 bridgehead atoms. The number of amides is 1. The SMILES string of the molecule is C=C(F)C(=O)N1CC(n2nc(-c3ccc(C(F)(F)F)c(C#N)c3)c3cccnc32)C1. The summed E-state index contributed by atoms with van der Waals surface area (Å²) < 4.78 is 53.9. The molecule has 0 spiro atoms. The molecule has 1 aliphatic heterocycles. The quantitative estimate of drug-likeness (QED) is 0.481. The van der Waals surface area contributed by atoms with Crippen molar-refractivity contribution in [2.45, 2.75) is 12.2 Å². The van der Waals surface area contributed by atoms with Crippen LogP contribution in [0.2, 0.25) is 0 Å². The summed E-state index contributed by atoms with van der Waals surface area (Å²) in [5, 5.41) is 14.3. The lowest BCUT2D eigenvalue weighted by molar-refractivity contribution is -0.137. The molecule has 0 unspecified atom stereocenters. The van der Waals surface area contributed by atoms with Crippen molar-refractivity contribution < 1.29 is 22.4 Å². The zero-order valence-corrected chi connectivity index (χ0v) is 15.3. The molecule has 3 heterocycles. The summed E-state index contributed by atoms with van der Waals surface area (Å²) in [5.41, 5.74) is -0.352. The van der Waals surface area contributed by atoms with E-state index in [1.165, 1.54) is 11.0 Å². The molecule has 30 heavy (non-hydrogen) atoms. The lowest BCUT2D eigenvalue weighted by Crippen LogP contribution is -2.51. The standard InChI is InChI=1S/C20H13F4N5O/c1-11(21)19(30)28-9-14(10-28)29-18-15(3-2-6-26-18)17(27-29)12-4-5-16(20(22,23)24)13(7-12)8-25/h2-7,14H,1,9-10H2. The average Bonchev–Trinajstić information content (AvgIpc) is 3.05. The van der Waals surface area contributed by atoms with E-state index in [1.807, 2.05) is 0 Å². The first-order valence-corrected chi connectivity index (χ1v) is 8.79. The molecule has 1 fully saturated rings. The van der Waals surface area contributed by atoms with Gasteiger partial charge in [0.15, 0.2) is 11.5 Å². The third kappa shape index (κ3) is 3.18. The lowest BCUT2D eigenvalue weighted by Gasteiger charge is -2.38. The smallest absolute Gasteiger partial charge is 0.332 e. The fourth-order valence-corrected chi connectivity index (χ4v) is 3.42. The highest BCUT2D eigenvalue weighted by Gasteiger charge is 2.36. The summed E-state index contributed by atoms with van der Waals surface area (Å²) in [6.45, 7) is 3.39. The van der Waals surface area contributed by atoms with Gasteiger partial charge in [-0.25, -0.2) is 14.1 Å². The van der Waals surface area contributed by atoms with Crippen molar-refractivity contribution in [1.29, 1.82) is 5.26 Å². The van der Waals surface area contributed by atoms with Gasteiger partial charge >= 0.3 is 6.18 Å². The highest BCUT2D eigenvalue weighted by atomic mass is 19.4. The van der Waals surface area contributed by atoms with E-state index in [9.17, 15) is 22.4 Å². The van der Waals surface area contributed by atoms with Gasteiger partial charge in [0.2, 0.25) is 0 Å². The Morgan fingerprint density at radius 3 is 2.63 bits per heavy atom. The van der Waals surface area contributed by atoms with Crippen LogP contribution in [-0.4, -0.2) is 38.7 Å². The van der Waals surface area contributed by atoms with Crippen LogP contribution in [0.4, 0.5) is 17.6 Å². The number of nitriles is 1. The maximum absolute atomic E-state index is 13.1. The summed E-state index contributed by atoms with van der Waals surface area (Å²) in [4.78, 5) is 17.2. The molecule has 1 saturated heterocycles. The number of hydrogen-bond donors (Lipinski definition) is 0. The van der Waals surface area contributed by atoms with Crippen LogP contribution in [0.15, 0.2) is 48.9 Å². The highest BCUT2D eigenvalue weighted by Crippen LogP contribution is 2.36. The largest absolute Gasteiger partial charge is 0.417 e. The Bertz CT molecular complexity index is 1220. The Kier molecular flexibility index (Phi) is 4.53. The van der Waals surface area contributed by atoms with Crippen LogP contribution >= 0.6 is 0 Å². The number of halogens is 4. The normalized spacial score (nSPS) is 14.4. The summed E-state index contributed by atoms with van der Waals surface area (Å²) in [6.07, 6.45) is -3.10. The second-order valence-corrected chi connectivity index (χ2v) is 6.81. The highest BCUT2D eigenvalue weighted by molar-refractivity contribution is 5.92. The average molecular weight is 415 g/mol. The third-order valence-electron chi connectivity index (χ3n) is 4.91. The van der Waals surface area contributed by atoms with E-state index in [4.69, 9.17) is 5.26 Å². The minimum absolute atomic E-state index is 0.199. The number of aromatic nitrogens is 3. The van der Waals surface area contributed by atoms with E-state index in [0.717, 1.165) is 12.1 Å². The molecule has 6 nitrogen and oxygen atoms in total. The van der Waals surface area contributed by atoms with Crippen molar-refractivity contribution in [3.63, 3.8) is 0 Å². The van der Waals surface area contributed by atoms with Gasteiger partial charge in [0.05, 0.1) is 23.2 Å². The van der Waals surface area contributed by atoms with Gasteiger partial charge in [0.25, 0.3) is 5.91 Å². The van der Waals surface area contributed by atoms with Gasteiger partial charge in [-0.1, -0.05) is 12.6 Å². The van der Waals surface area contributed by atoms with Crippen molar-refractivity contribution in [1.82, 2.24) is 19.7 Å². The molecular formula is C20H13F4N5O. The lowest BCUT2D eigenvalue weighted by atomic mass is 10.0. The zero-order chi connectivity index (χ0) is 21.6. The van der Waals surface area contributed by atoms with Gasteiger partial charge in [0, 0.05) is 30.2 Å². The topological polar surface area (TPSA) is 74.8 Å². The maximum Gasteiger partial charge on any atom is 0.417 e. The van der Waals surface area contributed by atoms with Crippen LogP contribution < -0.4 is 0 Å². The maximum atomic E-state index is 13.1. The van der Waals surface area contributed by atoms with Crippen LogP contribution in [0.25, 0.3) is 22.3 Å².